The van der Waals surface area contributed by atoms with Crippen molar-refractivity contribution in [3.63, 3.8) is 0 Å². The minimum atomic E-state index is -0.714. The van der Waals surface area contributed by atoms with Crippen molar-refractivity contribution < 1.29 is 19.8 Å². The van der Waals surface area contributed by atoms with E-state index in [0.29, 0.717) is 11.1 Å². The van der Waals surface area contributed by atoms with Crippen molar-refractivity contribution in [1.29, 1.82) is 0 Å². The van der Waals surface area contributed by atoms with Crippen LogP contribution in [0.3, 0.4) is 0 Å². The van der Waals surface area contributed by atoms with Crippen LogP contribution in [-0.4, -0.2) is 21.8 Å². The van der Waals surface area contributed by atoms with Crippen LogP contribution in [0.15, 0.2) is 36.4 Å². The molecule has 0 heterocycles. The highest BCUT2D eigenvalue weighted by atomic mass is 16.3. The van der Waals surface area contributed by atoms with Crippen LogP contribution in [0.5, 0.6) is 11.5 Å². The van der Waals surface area contributed by atoms with Gasteiger partial charge < -0.3 is 10.2 Å². The van der Waals surface area contributed by atoms with Gasteiger partial charge in [-0.15, -0.1) is 0 Å². The first-order valence-electron chi connectivity index (χ1n) is 6.07. The summed E-state index contributed by atoms with van der Waals surface area (Å²) in [6.07, 6.45) is 0. The van der Waals surface area contributed by atoms with Crippen molar-refractivity contribution in [2.24, 2.45) is 0 Å². The predicted octanol–water partition coefficient (Wildman–Crippen LogP) is 2.78. The lowest BCUT2D eigenvalue weighted by molar-refractivity contribution is 0.0816. The van der Waals surface area contributed by atoms with Crippen molar-refractivity contribution in [3.05, 3.63) is 58.7 Å². The third-order valence-corrected chi connectivity index (χ3v) is 2.85. The van der Waals surface area contributed by atoms with E-state index in [9.17, 15) is 19.8 Å². The van der Waals surface area contributed by atoms with Crippen LogP contribution in [0.25, 0.3) is 0 Å². The van der Waals surface area contributed by atoms with Gasteiger partial charge >= 0.3 is 0 Å². The molecule has 0 radical (unpaired) electrons. The zero-order chi connectivity index (χ0) is 14.9. The van der Waals surface area contributed by atoms with Crippen LogP contribution in [0.4, 0.5) is 0 Å². The maximum atomic E-state index is 12.1. The van der Waals surface area contributed by atoms with Gasteiger partial charge in [-0.1, -0.05) is 0 Å². The van der Waals surface area contributed by atoms with Crippen molar-refractivity contribution in [2.45, 2.75) is 13.8 Å². The molecule has 0 bridgehead atoms. The van der Waals surface area contributed by atoms with E-state index in [-0.39, 0.29) is 22.6 Å². The molecule has 0 amide bonds. The van der Waals surface area contributed by atoms with Crippen LogP contribution in [0, 0.1) is 13.8 Å². The molecule has 0 aliphatic rings. The first-order chi connectivity index (χ1) is 9.36. The zero-order valence-electron chi connectivity index (χ0n) is 11.2. The number of aromatic hydroxyl groups is 2. The Hall–Kier alpha value is -2.62. The Balaban J connectivity index is 2.39. The van der Waals surface area contributed by atoms with E-state index in [0.717, 1.165) is 0 Å². The Morgan fingerprint density at radius 1 is 0.700 bits per heavy atom. The van der Waals surface area contributed by atoms with E-state index in [4.69, 9.17) is 0 Å². The minimum absolute atomic E-state index is 0.0618. The number of carbonyl (C=O) groups is 2. The molecule has 0 atom stereocenters. The summed E-state index contributed by atoms with van der Waals surface area (Å²) in [6.45, 7) is 3.44. The van der Waals surface area contributed by atoms with E-state index in [1.165, 1.54) is 36.4 Å². The Kier molecular flexibility index (Phi) is 3.57. The monoisotopic (exact) mass is 270 g/mol. The highest BCUT2D eigenvalue weighted by Gasteiger charge is 2.20. The summed E-state index contributed by atoms with van der Waals surface area (Å²) in [5.74, 6) is -1.55. The SMILES string of the molecule is Cc1cc(O)cc(C(=O)C(=O)c2cc(C)cc(O)c2)c1. The smallest absolute Gasteiger partial charge is 0.233 e. The Morgan fingerprint density at radius 2 is 1.05 bits per heavy atom. The number of carbonyl (C=O) groups excluding carboxylic acids is 2. The zero-order valence-corrected chi connectivity index (χ0v) is 11.2. The fourth-order valence-corrected chi connectivity index (χ4v) is 2.05. The van der Waals surface area contributed by atoms with Gasteiger partial charge in [0.15, 0.2) is 0 Å². The standard InChI is InChI=1S/C16H14O4/c1-9-3-11(7-13(17)5-9)15(19)16(20)12-4-10(2)6-14(18)8-12/h3-8,17-18H,1-2H3. The molecule has 0 aliphatic carbocycles. The summed E-state index contributed by atoms with van der Waals surface area (Å²) >= 11 is 0. The number of ketones is 2. The summed E-state index contributed by atoms with van der Waals surface area (Å²) in [7, 11) is 0. The number of rotatable bonds is 3. The van der Waals surface area contributed by atoms with Crippen LogP contribution >= 0.6 is 0 Å². The fraction of sp³-hybridized carbons (Fsp3) is 0.125. The molecule has 2 rings (SSSR count). The van der Waals surface area contributed by atoms with E-state index in [1.54, 1.807) is 13.8 Å². The lowest BCUT2D eigenvalue weighted by atomic mass is 9.98. The van der Waals surface area contributed by atoms with Crippen LogP contribution in [-0.2, 0) is 0 Å². The fourth-order valence-electron chi connectivity index (χ4n) is 2.05. The van der Waals surface area contributed by atoms with Gasteiger partial charge in [-0.2, -0.15) is 0 Å². The topological polar surface area (TPSA) is 74.6 Å². The number of Topliss-reactive ketones (excluding diaryl/α,β-unsaturated/α-hetero) is 2. The first-order valence-corrected chi connectivity index (χ1v) is 6.07. The molecule has 0 spiro atoms. The molecule has 102 valence electrons. The maximum absolute atomic E-state index is 12.1. The third-order valence-electron chi connectivity index (χ3n) is 2.85. The van der Waals surface area contributed by atoms with E-state index in [1.807, 2.05) is 0 Å². The van der Waals surface area contributed by atoms with Crippen LogP contribution in [0.1, 0.15) is 31.8 Å². The van der Waals surface area contributed by atoms with Gasteiger partial charge in [0.25, 0.3) is 0 Å². The number of aryl methyl sites for hydroxylation is 2. The van der Waals surface area contributed by atoms with Gasteiger partial charge in [0.2, 0.25) is 11.6 Å². The van der Waals surface area contributed by atoms with Crippen molar-refractivity contribution in [2.75, 3.05) is 0 Å². The molecule has 4 heteroatoms. The molecule has 0 fully saturated rings. The molecule has 0 aromatic heterocycles. The molecule has 0 saturated heterocycles. The summed E-state index contributed by atoms with van der Waals surface area (Å²) in [6, 6.07) is 8.58. The van der Waals surface area contributed by atoms with Gasteiger partial charge in [-0.3, -0.25) is 9.59 Å². The van der Waals surface area contributed by atoms with Crippen molar-refractivity contribution in [3.8, 4) is 11.5 Å². The lowest BCUT2D eigenvalue weighted by Gasteiger charge is -2.05. The molecule has 2 aromatic rings. The first kappa shape index (κ1) is 13.8. The molecular weight excluding hydrogens is 256 g/mol. The Bertz CT molecular complexity index is 600. The van der Waals surface area contributed by atoms with E-state index in [2.05, 4.69) is 0 Å². The van der Waals surface area contributed by atoms with E-state index < -0.39 is 11.6 Å². The highest BCUT2D eigenvalue weighted by molar-refractivity contribution is 6.49. The normalized spacial score (nSPS) is 10.3. The highest BCUT2D eigenvalue weighted by Crippen LogP contribution is 2.20. The van der Waals surface area contributed by atoms with Crippen LogP contribution in [0.2, 0.25) is 0 Å². The molecular formula is C16H14O4. The number of phenols is 2. The molecule has 4 nitrogen and oxygen atoms in total. The largest absolute Gasteiger partial charge is 0.508 e. The second kappa shape index (κ2) is 5.17. The lowest BCUT2D eigenvalue weighted by Crippen LogP contribution is -2.14. The van der Waals surface area contributed by atoms with Crippen molar-refractivity contribution in [1.82, 2.24) is 0 Å². The summed E-state index contributed by atoms with van der Waals surface area (Å²) in [4.78, 5) is 24.3. The molecule has 0 unspecified atom stereocenters. The molecule has 2 N–H and O–H groups in total. The number of hydrogen-bond donors (Lipinski definition) is 2. The quantitative estimate of drug-likeness (QED) is 0.664. The average molecular weight is 270 g/mol. The third kappa shape index (κ3) is 2.85. The Labute approximate surface area is 116 Å². The molecule has 2 aromatic carbocycles. The number of benzene rings is 2. The van der Waals surface area contributed by atoms with Gasteiger partial charge in [0, 0.05) is 11.1 Å². The summed E-state index contributed by atoms with van der Waals surface area (Å²) in [5, 5.41) is 19.0. The van der Waals surface area contributed by atoms with E-state index >= 15 is 0 Å². The van der Waals surface area contributed by atoms with Crippen molar-refractivity contribution >= 4 is 11.6 Å². The second-order valence-corrected chi connectivity index (χ2v) is 4.77. The minimum Gasteiger partial charge on any atom is -0.508 e. The maximum Gasteiger partial charge on any atom is 0.233 e. The molecule has 0 aliphatic heterocycles. The summed E-state index contributed by atoms with van der Waals surface area (Å²) in [5.41, 5.74) is 1.64. The predicted molar refractivity (Wildman–Crippen MR) is 74.3 cm³/mol. The molecule has 0 saturated carbocycles. The molecule has 20 heavy (non-hydrogen) atoms. The van der Waals surface area contributed by atoms with Gasteiger partial charge in [0.05, 0.1) is 0 Å². The van der Waals surface area contributed by atoms with Crippen LogP contribution < -0.4 is 0 Å². The van der Waals surface area contributed by atoms with Gasteiger partial charge in [-0.25, -0.2) is 0 Å². The number of phenolic OH excluding ortho intramolecular Hbond substituents is 2. The van der Waals surface area contributed by atoms with Gasteiger partial charge in [0.1, 0.15) is 11.5 Å². The summed E-state index contributed by atoms with van der Waals surface area (Å²) < 4.78 is 0. The Morgan fingerprint density at radius 3 is 1.35 bits per heavy atom. The van der Waals surface area contributed by atoms with Gasteiger partial charge in [-0.05, 0) is 61.4 Å². The second-order valence-electron chi connectivity index (χ2n) is 4.77. The number of hydrogen-bond acceptors (Lipinski definition) is 4. The average Bonchev–Trinajstić information content (AvgIpc) is 2.34.